The van der Waals surface area contributed by atoms with Gasteiger partial charge in [-0.05, 0) is 62.1 Å². The number of aromatic nitrogens is 1. The van der Waals surface area contributed by atoms with Gasteiger partial charge in [-0.25, -0.2) is 9.59 Å². The van der Waals surface area contributed by atoms with Gasteiger partial charge < -0.3 is 9.15 Å². The Morgan fingerprint density at radius 2 is 1.88 bits per heavy atom. The lowest BCUT2D eigenvalue weighted by atomic mass is 10.1. The first-order chi connectivity index (χ1) is 12.5. The first-order valence-corrected chi connectivity index (χ1v) is 8.87. The van der Waals surface area contributed by atoms with Crippen molar-refractivity contribution in [3.05, 3.63) is 73.5 Å². The lowest BCUT2D eigenvalue weighted by molar-refractivity contribution is 0.300. The number of benzene rings is 2. The molecule has 0 saturated carbocycles. The van der Waals surface area contributed by atoms with E-state index in [1.165, 1.54) is 4.57 Å². The number of hydrogen-bond donors (Lipinski definition) is 0. The minimum atomic E-state index is -0.619. The largest absolute Gasteiger partial charge is 0.494 e. The number of para-hydroxylation sites is 1. The predicted molar refractivity (Wildman–Crippen MR) is 102 cm³/mol. The Morgan fingerprint density at radius 1 is 1.08 bits per heavy atom. The van der Waals surface area contributed by atoms with Crippen molar-refractivity contribution in [1.29, 1.82) is 0 Å². The Kier molecular flexibility index (Phi) is 5.47. The Hall–Kier alpha value is -2.53. The molecule has 0 bridgehead atoms. The van der Waals surface area contributed by atoms with E-state index < -0.39 is 11.4 Å². The van der Waals surface area contributed by atoms with E-state index in [0.29, 0.717) is 29.1 Å². The number of fused-ring (bicyclic) bond motifs is 1. The summed E-state index contributed by atoms with van der Waals surface area (Å²) in [5.41, 5.74) is 1.90. The molecule has 0 aliphatic carbocycles. The third kappa shape index (κ3) is 3.83. The summed E-state index contributed by atoms with van der Waals surface area (Å²) in [6.07, 6.45) is 1.49. The minimum Gasteiger partial charge on any atom is -0.494 e. The van der Waals surface area contributed by atoms with Gasteiger partial charge in [-0.3, -0.25) is 4.57 Å². The summed E-state index contributed by atoms with van der Waals surface area (Å²) in [6.45, 7) is 4.80. The van der Waals surface area contributed by atoms with Crippen molar-refractivity contribution < 1.29 is 9.15 Å². The first-order valence-electron chi connectivity index (χ1n) is 8.49. The van der Waals surface area contributed by atoms with Crippen LogP contribution >= 0.6 is 11.6 Å². The quantitative estimate of drug-likeness (QED) is 0.611. The maximum atomic E-state index is 12.1. The highest BCUT2D eigenvalue weighted by Crippen LogP contribution is 2.21. The van der Waals surface area contributed by atoms with Crippen molar-refractivity contribution in [2.24, 2.45) is 0 Å². The summed E-state index contributed by atoms with van der Waals surface area (Å²) < 4.78 is 12.1. The molecule has 0 aliphatic heterocycles. The molecule has 6 heteroatoms. The van der Waals surface area contributed by atoms with E-state index in [9.17, 15) is 9.59 Å². The van der Waals surface area contributed by atoms with Crippen LogP contribution < -0.4 is 16.1 Å². The normalized spacial score (nSPS) is 11.0. The molecule has 0 aliphatic rings. The molecule has 26 heavy (non-hydrogen) atoms. The summed E-state index contributed by atoms with van der Waals surface area (Å²) in [5, 5.41) is 1.14. The molecule has 136 valence electrons. The molecule has 0 unspecified atom stereocenters. The maximum absolute atomic E-state index is 12.1. The van der Waals surface area contributed by atoms with E-state index in [4.69, 9.17) is 20.8 Å². The Bertz CT molecular complexity index is 1050. The number of hydrogen-bond acceptors (Lipinski definition) is 4. The molecule has 0 spiro atoms. The molecule has 0 amide bonds. The number of aryl methyl sites for hydroxylation is 3. The van der Waals surface area contributed by atoms with Gasteiger partial charge in [0.05, 0.1) is 17.5 Å². The third-order valence-corrected chi connectivity index (χ3v) is 4.73. The second kappa shape index (κ2) is 7.79. The van der Waals surface area contributed by atoms with Crippen molar-refractivity contribution in [3.8, 4) is 5.75 Å². The summed E-state index contributed by atoms with van der Waals surface area (Å²) in [7, 11) is 0. The molecule has 2 aromatic carbocycles. The van der Waals surface area contributed by atoms with Gasteiger partial charge in [0.25, 0.3) is 0 Å². The summed E-state index contributed by atoms with van der Waals surface area (Å²) in [4.78, 5) is 24.0. The topological polar surface area (TPSA) is 61.4 Å². The molecule has 0 radical (unpaired) electrons. The third-order valence-electron chi connectivity index (χ3n) is 4.30. The second-order valence-corrected chi connectivity index (χ2v) is 6.65. The first kappa shape index (κ1) is 18.3. The zero-order chi connectivity index (χ0) is 18.7. The van der Waals surface area contributed by atoms with Gasteiger partial charge in [0.15, 0.2) is 0 Å². The van der Waals surface area contributed by atoms with Crippen LogP contribution in [0.3, 0.4) is 0 Å². The van der Waals surface area contributed by atoms with Gasteiger partial charge in [0, 0.05) is 11.6 Å². The maximum Gasteiger partial charge on any atom is 0.422 e. The van der Waals surface area contributed by atoms with Crippen LogP contribution in [0.25, 0.3) is 10.9 Å². The van der Waals surface area contributed by atoms with E-state index in [2.05, 4.69) is 0 Å². The highest BCUT2D eigenvalue weighted by atomic mass is 35.5. The molecule has 0 fully saturated rings. The van der Waals surface area contributed by atoms with Crippen molar-refractivity contribution in [2.45, 2.75) is 33.2 Å². The van der Waals surface area contributed by atoms with Gasteiger partial charge in [-0.2, -0.15) is 0 Å². The average molecular weight is 374 g/mol. The molecule has 0 N–H and O–H groups in total. The molecule has 5 nitrogen and oxygen atoms in total. The van der Waals surface area contributed by atoms with Crippen LogP contribution in [0.5, 0.6) is 5.75 Å². The van der Waals surface area contributed by atoms with E-state index in [-0.39, 0.29) is 0 Å². The molecule has 3 rings (SSSR count). The molecule has 0 atom stereocenters. The highest BCUT2D eigenvalue weighted by molar-refractivity contribution is 6.31. The van der Waals surface area contributed by atoms with E-state index in [0.717, 1.165) is 29.7 Å². The van der Waals surface area contributed by atoms with Gasteiger partial charge in [0.1, 0.15) is 5.75 Å². The molecule has 0 saturated heterocycles. The molecule has 1 heterocycles. The van der Waals surface area contributed by atoms with Crippen LogP contribution in [0.2, 0.25) is 5.02 Å². The standard InChI is InChI=1S/C20H20ClNO4/c1-13-6-5-7-16-18(13)22(20(24)26-19(16)23)10-3-4-11-25-15-8-9-17(21)14(2)12-15/h5-9,12H,3-4,10-11H2,1-2H3. The van der Waals surface area contributed by atoms with E-state index in [1.54, 1.807) is 12.1 Å². The number of halogens is 1. The lowest BCUT2D eigenvalue weighted by Gasteiger charge is -2.11. The van der Waals surface area contributed by atoms with Crippen molar-refractivity contribution in [1.82, 2.24) is 4.57 Å². The summed E-state index contributed by atoms with van der Waals surface area (Å²) in [5.74, 6) is 0.155. The van der Waals surface area contributed by atoms with Gasteiger partial charge in [-0.1, -0.05) is 23.7 Å². The fourth-order valence-corrected chi connectivity index (χ4v) is 3.05. The Labute approximate surface area is 155 Å². The number of ether oxygens (including phenoxy) is 1. The van der Waals surface area contributed by atoms with Crippen LogP contribution in [-0.4, -0.2) is 11.2 Å². The van der Waals surface area contributed by atoms with Crippen molar-refractivity contribution >= 4 is 22.5 Å². The molecule has 1 aromatic heterocycles. The molecular weight excluding hydrogens is 354 g/mol. The molecular formula is C20H20ClNO4. The van der Waals surface area contributed by atoms with Gasteiger partial charge in [-0.15, -0.1) is 0 Å². The number of rotatable bonds is 6. The zero-order valence-corrected chi connectivity index (χ0v) is 15.5. The van der Waals surface area contributed by atoms with E-state index in [1.807, 2.05) is 38.1 Å². The van der Waals surface area contributed by atoms with Crippen LogP contribution in [0.15, 0.2) is 50.4 Å². The van der Waals surface area contributed by atoms with Gasteiger partial charge >= 0.3 is 11.4 Å². The lowest BCUT2D eigenvalue weighted by Crippen LogP contribution is -2.25. The highest BCUT2D eigenvalue weighted by Gasteiger charge is 2.11. The predicted octanol–water partition coefficient (Wildman–Crippen LogP) is 4.08. The molecule has 3 aromatic rings. The Balaban J connectivity index is 1.66. The number of unbranched alkanes of at least 4 members (excludes halogenated alkanes) is 1. The summed E-state index contributed by atoms with van der Waals surface area (Å²) in [6, 6.07) is 10.9. The smallest absolute Gasteiger partial charge is 0.422 e. The fourth-order valence-electron chi connectivity index (χ4n) is 2.93. The van der Waals surface area contributed by atoms with Crippen LogP contribution in [-0.2, 0) is 6.54 Å². The van der Waals surface area contributed by atoms with E-state index >= 15 is 0 Å². The van der Waals surface area contributed by atoms with Gasteiger partial charge in [0.2, 0.25) is 0 Å². The fraction of sp³-hybridized carbons (Fsp3) is 0.300. The van der Waals surface area contributed by atoms with Crippen molar-refractivity contribution in [3.63, 3.8) is 0 Å². The monoisotopic (exact) mass is 373 g/mol. The van der Waals surface area contributed by atoms with Crippen LogP contribution in [0, 0.1) is 13.8 Å². The summed E-state index contributed by atoms with van der Waals surface area (Å²) >= 11 is 6.00. The average Bonchev–Trinajstić information content (AvgIpc) is 2.60. The van der Waals surface area contributed by atoms with Crippen molar-refractivity contribution in [2.75, 3.05) is 6.61 Å². The van der Waals surface area contributed by atoms with Crippen LogP contribution in [0.4, 0.5) is 0 Å². The van der Waals surface area contributed by atoms with Crippen LogP contribution in [0.1, 0.15) is 24.0 Å². The minimum absolute atomic E-state index is 0.428. The Morgan fingerprint density at radius 3 is 2.65 bits per heavy atom. The number of nitrogens with zero attached hydrogens (tertiary/aromatic N) is 1. The zero-order valence-electron chi connectivity index (χ0n) is 14.8. The second-order valence-electron chi connectivity index (χ2n) is 6.24. The SMILES string of the molecule is Cc1cc(OCCCCn2c(=O)oc(=O)c3cccc(C)c32)ccc1Cl.